The van der Waals surface area contributed by atoms with Crippen molar-refractivity contribution in [1.29, 1.82) is 0 Å². The van der Waals surface area contributed by atoms with Crippen LogP contribution in [0.2, 0.25) is 0 Å². The van der Waals surface area contributed by atoms with E-state index in [1.807, 2.05) is 37.3 Å². The highest BCUT2D eigenvalue weighted by molar-refractivity contribution is 14.0. The van der Waals surface area contributed by atoms with Gasteiger partial charge < -0.3 is 20.1 Å². The van der Waals surface area contributed by atoms with Gasteiger partial charge in [0, 0.05) is 19.3 Å². The van der Waals surface area contributed by atoms with Gasteiger partial charge in [0.05, 0.1) is 19.9 Å². The maximum Gasteiger partial charge on any atom is 0.191 e. The lowest BCUT2D eigenvalue weighted by Crippen LogP contribution is -2.36. The van der Waals surface area contributed by atoms with E-state index in [9.17, 15) is 4.39 Å². The van der Waals surface area contributed by atoms with Crippen LogP contribution in [0.5, 0.6) is 17.2 Å². The molecule has 0 bridgehead atoms. The van der Waals surface area contributed by atoms with Gasteiger partial charge in [0.1, 0.15) is 11.5 Å². The molecule has 0 aliphatic heterocycles. The van der Waals surface area contributed by atoms with Gasteiger partial charge in [-0.1, -0.05) is 18.2 Å². The molecule has 164 valence electrons. The molecule has 0 atom stereocenters. The summed E-state index contributed by atoms with van der Waals surface area (Å²) in [6, 6.07) is 16.1. The molecule has 1 aromatic heterocycles. The Bertz CT molecular complexity index is 986. The molecule has 0 saturated carbocycles. The Morgan fingerprint density at radius 2 is 1.87 bits per heavy atom. The van der Waals surface area contributed by atoms with Gasteiger partial charge in [-0.3, -0.25) is 4.98 Å². The Morgan fingerprint density at radius 1 is 1.03 bits per heavy atom. The first kappa shape index (κ1) is 24.4. The van der Waals surface area contributed by atoms with E-state index in [1.165, 1.54) is 12.3 Å². The number of aliphatic imine (C=N–C) groups is 1. The van der Waals surface area contributed by atoms with Crippen LogP contribution in [0, 0.1) is 5.82 Å². The van der Waals surface area contributed by atoms with E-state index in [4.69, 9.17) is 9.47 Å². The van der Waals surface area contributed by atoms with E-state index >= 15 is 0 Å². The molecule has 0 aliphatic carbocycles. The van der Waals surface area contributed by atoms with Crippen molar-refractivity contribution in [2.45, 2.75) is 20.0 Å². The van der Waals surface area contributed by atoms with E-state index in [1.54, 1.807) is 31.5 Å². The number of hydrogen-bond donors (Lipinski definition) is 2. The van der Waals surface area contributed by atoms with Crippen LogP contribution in [0.25, 0.3) is 0 Å². The van der Waals surface area contributed by atoms with Gasteiger partial charge in [0.2, 0.25) is 0 Å². The predicted octanol–water partition coefficient (Wildman–Crippen LogP) is 4.89. The standard InChI is InChI=1S/C23H25FN4O2.HI/c1-3-26-23(27-14-17-6-4-7-19(12-17)29-2)28-15-18-9-10-22(21(24)13-18)30-20-8-5-11-25-16-20;/h4-13,16H,3,14-15H2,1-2H3,(H2,26,27,28);1H. The molecule has 0 fully saturated rings. The molecule has 0 spiro atoms. The van der Waals surface area contributed by atoms with Gasteiger partial charge in [-0.15, -0.1) is 24.0 Å². The quantitative estimate of drug-likeness (QED) is 0.244. The second-order valence-corrected chi connectivity index (χ2v) is 6.46. The van der Waals surface area contributed by atoms with Gasteiger partial charge in [0.15, 0.2) is 17.5 Å². The highest BCUT2D eigenvalue weighted by Crippen LogP contribution is 2.24. The second-order valence-electron chi connectivity index (χ2n) is 6.46. The normalized spacial score (nSPS) is 10.7. The molecular weight excluding hydrogens is 510 g/mol. The van der Waals surface area contributed by atoms with Crippen molar-refractivity contribution in [3.63, 3.8) is 0 Å². The van der Waals surface area contributed by atoms with Crippen molar-refractivity contribution in [2.24, 2.45) is 4.99 Å². The van der Waals surface area contributed by atoms with E-state index < -0.39 is 5.82 Å². The third-order valence-corrected chi connectivity index (χ3v) is 4.22. The number of nitrogens with zero attached hydrogens (tertiary/aromatic N) is 2. The lowest BCUT2D eigenvalue weighted by atomic mass is 10.2. The van der Waals surface area contributed by atoms with Crippen LogP contribution in [0.15, 0.2) is 72.0 Å². The van der Waals surface area contributed by atoms with Crippen LogP contribution in [-0.2, 0) is 13.1 Å². The van der Waals surface area contributed by atoms with Crippen molar-refractivity contribution < 1.29 is 13.9 Å². The van der Waals surface area contributed by atoms with E-state index in [2.05, 4.69) is 20.6 Å². The number of nitrogens with one attached hydrogen (secondary N) is 2. The van der Waals surface area contributed by atoms with Crippen molar-refractivity contribution in [3.8, 4) is 17.2 Å². The van der Waals surface area contributed by atoms with Crippen LogP contribution in [0.3, 0.4) is 0 Å². The first-order chi connectivity index (χ1) is 14.7. The number of hydrogen-bond acceptors (Lipinski definition) is 4. The number of rotatable bonds is 8. The fraction of sp³-hybridized carbons (Fsp3) is 0.217. The highest BCUT2D eigenvalue weighted by atomic mass is 127. The summed E-state index contributed by atoms with van der Waals surface area (Å²) in [7, 11) is 1.64. The highest BCUT2D eigenvalue weighted by Gasteiger charge is 2.07. The number of aromatic nitrogens is 1. The number of benzene rings is 2. The summed E-state index contributed by atoms with van der Waals surface area (Å²) < 4.78 is 25.2. The maximum absolute atomic E-state index is 14.4. The van der Waals surface area contributed by atoms with Gasteiger partial charge >= 0.3 is 0 Å². The minimum atomic E-state index is -0.434. The van der Waals surface area contributed by atoms with E-state index in [0.717, 1.165) is 23.4 Å². The van der Waals surface area contributed by atoms with Gasteiger partial charge in [-0.05, 0) is 54.4 Å². The Kier molecular flexibility index (Phi) is 10.0. The van der Waals surface area contributed by atoms with E-state index in [0.29, 0.717) is 24.8 Å². The van der Waals surface area contributed by atoms with Gasteiger partial charge in [0.25, 0.3) is 0 Å². The molecule has 2 N–H and O–H groups in total. The zero-order valence-corrected chi connectivity index (χ0v) is 19.8. The molecular formula is C23H26FIN4O2. The number of guanidine groups is 1. The maximum atomic E-state index is 14.4. The number of ether oxygens (including phenoxy) is 2. The summed E-state index contributed by atoms with van der Waals surface area (Å²) in [4.78, 5) is 8.54. The van der Waals surface area contributed by atoms with Crippen molar-refractivity contribution in [1.82, 2.24) is 15.6 Å². The van der Waals surface area contributed by atoms with Gasteiger partial charge in [-0.25, -0.2) is 9.38 Å². The second kappa shape index (κ2) is 12.7. The lowest BCUT2D eigenvalue weighted by molar-refractivity contribution is 0.414. The summed E-state index contributed by atoms with van der Waals surface area (Å²) in [6.45, 7) is 3.63. The molecule has 0 amide bonds. The summed E-state index contributed by atoms with van der Waals surface area (Å²) in [5.74, 6) is 1.66. The predicted molar refractivity (Wildman–Crippen MR) is 131 cm³/mol. The Labute approximate surface area is 198 Å². The molecule has 31 heavy (non-hydrogen) atoms. The molecule has 1 heterocycles. The SMILES string of the molecule is CCNC(=NCc1cccc(OC)c1)NCc1ccc(Oc2cccnc2)c(F)c1.I. The molecule has 2 aromatic carbocycles. The van der Waals surface area contributed by atoms with Crippen molar-refractivity contribution >= 4 is 29.9 Å². The largest absolute Gasteiger partial charge is 0.497 e. The average molecular weight is 536 g/mol. The lowest BCUT2D eigenvalue weighted by Gasteiger charge is -2.12. The molecule has 0 unspecified atom stereocenters. The molecule has 6 nitrogen and oxygen atoms in total. The van der Waals surface area contributed by atoms with Crippen LogP contribution in [-0.4, -0.2) is 24.6 Å². The monoisotopic (exact) mass is 536 g/mol. The summed E-state index contributed by atoms with van der Waals surface area (Å²) in [5, 5.41) is 6.41. The molecule has 3 rings (SSSR count). The third kappa shape index (κ3) is 7.71. The average Bonchev–Trinajstić information content (AvgIpc) is 2.78. The Hall–Kier alpha value is -2.88. The van der Waals surface area contributed by atoms with Gasteiger partial charge in [-0.2, -0.15) is 0 Å². The fourth-order valence-corrected chi connectivity index (χ4v) is 2.74. The molecule has 8 heteroatoms. The molecule has 3 aromatic rings. The zero-order chi connectivity index (χ0) is 21.2. The minimum Gasteiger partial charge on any atom is -0.497 e. The summed E-state index contributed by atoms with van der Waals surface area (Å²) >= 11 is 0. The number of pyridine rings is 1. The van der Waals surface area contributed by atoms with Crippen LogP contribution in [0.1, 0.15) is 18.1 Å². The third-order valence-electron chi connectivity index (χ3n) is 4.22. The zero-order valence-electron chi connectivity index (χ0n) is 17.5. The van der Waals surface area contributed by atoms with Crippen LogP contribution in [0.4, 0.5) is 4.39 Å². The Balaban J connectivity index is 0.00000341. The first-order valence-corrected chi connectivity index (χ1v) is 9.69. The number of methoxy groups -OCH3 is 1. The van der Waals surface area contributed by atoms with Crippen LogP contribution >= 0.6 is 24.0 Å². The topological polar surface area (TPSA) is 67.8 Å². The fourth-order valence-electron chi connectivity index (χ4n) is 2.74. The molecule has 0 saturated heterocycles. The van der Waals surface area contributed by atoms with Crippen LogP contribution < -0.4 is 20.1 Å². The smallest absolute Gasteiger partial charge is 0.191 e. The first-order valence-electron chi connectivity index (χ1n) is 9.69. The van der Waals surface area contributed by atoms with Crippen molar-refractivity contribution in [2.75, 3.05) is 13.7 Å². The summed E-state index contributed by atoms with van der Waals surface area (Å²) in [5.41, 5.74) is 1.81. The van der Waals surface area contributed by atoms with Crippen molar-refractivity contribution in [3.05, 3.63) is 83.9 Å². The van der Waals surface area contributed by atoms with E-state index in [-0.39, 0.29) is 29.7 Å². The minimum absolute atomic E-state index is 0. The number of halogens is 2. The summed E-state index contributed by atoms with van der Waals surface area (Å²) in [6.07, 6.45) is 3.17. The molecule has 0 radical (unpaired) electrons. The Morgan fingerprint density at radius 3 is 2.58 bits per heavy atom. The molecule has 0 aliphatic rings.